The SMILES string of the molecule is CC.NC(=O)c1ccc(C=O)nc1. The minimum Gasteiger partial charge on any atom is -0.366 e. The number of nitrogens with two attached hydrogens (primary N) is 1. The van der Waals surface area contributed by atoms with Crippen LogP contribution in [-0.4, -0.2) is 17.2 Å². The summed E-state index contributed by atoms with van der Waals surface area (Å²) in [5, 5.41) is 0. The first-order valence-electron chi connectivity index (χ1n) is 3.95. The molecule has 0 aromatic carbocycles. The molecule has 4 nitrogen and oxygen atoms in total. The third kappa shape index (κ3) is 3.46. The Kier molecular flexibility index (Phi) is 5.11. The van der Waals surface area contributed by atoms with Gasteiger partial charge >= 0.3 is 0 Å². The second-order valence-electron chi connectivity index (χ2n) is 1.95. The molecule has 0 aliphatic carbocycles. The summed E-state index contributed by atoms with van der Waals surface area (Å²) < 4.78 is 0. The molecular formula is C9H12N2O2. The molecule has 0 bridgehead atoms. The molecule has 1 amide bonds. The number of amides is 1. The zero-order valence-electron chi connectivity index (χ0n) is 7.65. The highest BCUT2D eigenvalue weighted by molar-refractivity contribution is 5.92. The molecule has 1 aromatic rings. The van der Waals surface area contributed by atoms with Crippen LogP contribution in [-0.2, 0) is 0 Å². The quantitative estimate of drug-likeness (QED) is 0.690. The van der Waals surface area contributed by atoms with Gasteiger partial charge in [-0.1, -0.05) is 13.8 Å². The van der Waals surface area contributed by atoms with E-state index in [1.54, 1.807) is 0 Å². The first-order valence-corrected chi connectivity index (χ1v) is 3.95. The first kappa shape index (κ1) is 11.3. The van der Waals surface area contributed by atoms with Crippen LogP contribution in [0.5, 0.6) is 0 Å². The Labute approximate surface area is 76.8 Å². The summed E-state index contributed by atoms with van der Waals surface area (Å²) in [4.78, 5) is 24.3. The predicted molar refractivity (Wildman–Crippen MR) is 49.5 cm³/mol. The summed E-state index contributed by atoms with van der Waals surface area (Å²) in [6.45, 7) is 4.00. The number of aromatic nitrogens is 1. The average molecular weight is 180 g/mol. The van der Waals surface area contributed by atoms with Gasteiger partial charge in [-0.15, -0.1) is 0 Å². The maximum Gasteiger partial charge on any atom is 0.250 e. The first-order chi connectivity index (χ1) is 6.24. The lowest BCUT2D eigenvalue weighted by atomic mass is 10.2. The number of hydrogen-bond donors (Lipinski definition) is 1. The average Bonchev–Trinajstić information content (AvgIpc) is 2.21. The van der Waals surface area contributed by atoms with Crippen LogP contribution in [0.4, 0.5) is 0 Å². The van der Waals surface area contributed by atoms with Crippen LogP contribution in [0.1, 0.15) is 34.7 Å². The van der Waals surface area contributed by atoms with Gasteiger partial charge in [0.2, 0.25) is 5.91 Å². The number of carbonyl (C=O) groups excluding carboxylic acids is 2. The maximum atomic E-state index is 10.5. The summed E-state index contributed by atoms with van der Waals surface area (Å²) in [5.41, 5.74) is 5.53. The van der Waals surface area contributed by atoms with Crippen molar-refractivity contribution in [2.75, 3.05) is 0 Å². The molecule has 2 N–H and O–H groups in total. The van der Waals surface area contributed by atoms with E-state index >= 15 is 0 Å². The highest BCUT2D eigenvalue weighted by Crippen LogP contribution is 1.96. The van der Waals surface area contributed by atoms with Gasteiger partial charge in [-0.25, -0.2) is 0 Å². The normalized spacial score (nSPS) is 8.15. The van der Waals surface area contributed by atoms with Crippen LogP contribution < -0.4 is 5.73 Å². The molecule has 4 heteroatoms. The van der Waals surface area contributed by atoms with Crippen LogP contribution in [0.15, 0.2) is 18.3 Å². The molecular weight excluding hydrogens is 168 g/mol. The second kappa shape index (κ2) is 5.88. The lowest BCUT2D eigenvalue weighted by molar-refractivity contribution is 0.0998. The van der Waals surface area contributed by atoms with Gasteiger partial charge in [0.1, 0.15) is 5.69 Å². The molecule has 70 valence electrons. The van der Waals surface area contributed by atoms with E-state index in [0.29, 0.717) is 11.8 Å². The Morgan fingerprint density at radius 3 is 2.38 bits per heavy atom. The summed E-state index contributed by atoms with van der Waals surface area (Å²) in [6, 6.07) is 2.89. The van der Waals surface area contributed by atoms with Gasteiger partial charge in [0.15, 0.2) is 6.29 Å². The number of nitrogens with zero attached hydrogens (tertiary/aromatic N) is 1. The fraction of sp³-hybridized carbons (Fsp3) is 0.222. The third-order valence-electron chi connectivity index (χ3n) is 1.19. The van der Waals surface area contributed by atoms with Gasteiger partial charge in [-0.05, 0) is 12.1 Å². The zero-order chi connectivity index (χ0) is 10.3. The van der Waals surface area contributed by atoms with Crippen LogP contribution in [0.2, 0.25) is 0 Å². The Morgan fingerprint density at radius 2 is 2.08 bits per heavy atom. The fourth-order valence-electron chi connectivity index (χ4n) is 0.621. The summed E-state index contributed by atoms with van der Waals surface area (Å²) >= 11 is 0. The van der Waals surface area contributed by atoms with Gasteiger partial charge in [0.25, 0.3) is 0 Å². The molecule has 1 aromatic heterocycles. The third-order valence-corrected chi connectivity index (χ3v) is 1.19. The molecule has 0 radical (unpaired) electrons. The Bertz CT molecular complexity index is 280. The summed E-state index contributed by atoms with van der Waals surface area (Å²) in [5.74, 6) is -0.546. The number of rotatable bonds is 2. The predicted octanol–water partition coefficient (Wildman–Crippen LogP) is 1.02. The molecule has 0 aliphatic heterocycles. The van der Waals surface area contributed by atoms with Gasteiger partial charge in [-0.2, -0.15) is 0 Å². The van der Waals surface area contributed by atoms with Gasteiger partial charge in [-0.3, -0.25) is 14.6 Å². The summed E-state index contributed by atoms with van der Waals surface area (Å²) in [7, 11) is 0. The van der Waals surface area contributed by atoms with E-state index < -0.39 is 5.91 Å². The number of carbonyl (C=O) groups is 2. The van der Waals surface area contributed by atoms with E-state index in [1.807, 2.05) is 13.8 Å². The van der Waals surface area contributed by atoms with E-state index in [-0.39, 0.29) is 5.69 Å². The molecule has 13 heavy (non-hydrogen) atoms. The topological polar surface area (TPSA) is 73.1 Å². The van der Waals surface area contributed by atoms with Crippen LogP contribution >= 0.6 is 0 Å². The number of hydrogen-bond acceptors (Lipinski definition) is 3. The van der Waals surface area contributed by atoms with Crippen molar-refractivity contribution in [3.05, 3.63) is 29.6 Å². The molecule has 0 fully saturated rings. The van der Waals surface area contributed by atoms with E-state index in [0.717, 1.165) is 0 Å². The summed E-state index contributed by atoms with van der Waals surface area (Å²) in [6.07, 6.45) is 1.87. The van der Waals surface area contributed by atoms with Crippen molar-refractivity contribution in [1.29, 1.82) is 0 Å². The van der Waals surface area contributed by atoms with Crippen molar-refractivity contribution in [3.8, 4) is 0 Å². The molecule has 0 spiro atoms. The van der Waals surface area contributed by atoms with Crippen molar-refractivity contribution in [2.45, 2.75) is 13.8 Å². The zero-order valence-corrected chi connectivity index (χ0v) is 7.65. The molecule has 1 heterocycles. The van der Waals surface area contributed by atoms with E-state index in [9.17, 15) is 9.59 Å². The van der Waals surface area contributed by atoms with E-state index in [2.05, 4.69) is 4.98 Å². The Hall–Kier alpha value is -1.71. The number of aldehydes is 1. The van der Waals surface area contributed by atoms with Crippen LogP contribution in [0.25, 0.3) is 0 Å². The van der Waals surface area contributed by atoms with Crippen molar-refractivity contribution in [2.24, 2.45) is 5.73 Å². The lowest BCUT2D eigenvalue weighted by Gasteiger charge is -1.92. The number of pyridine rings is 1. The standard InChI is InChI=1S/C7H6N2O2.C2H6/c8-7(11)5-1-2-6(4-10)9-3-5;1-2/h1-4H,(H2,8,11);1-2H3. The van der Waals surface area contributed by atoms with Gasteiger partial charge < -0.3 is 5.73 Å². The molecule has 0 unspecified atom stereocenters. The van der Waals surface area contributed by atoms with E-state index in [1.165, 1.54) is 18.3 Å². The van der Waals surface area contributed by atoms with E-state index in [4.69, 9.17) is 5.73 Å². The van der Waals surface area contributed by atoms with Crippen LogP contribution in [0.3, 0.4) is 0 Å². The minimum atomic E-state index is -0.546. The minimum absolute atomic E-state index is 0.287. The molecule has 0 saturated heterocycles. The monoisotopic (exact) mass is 180 g/mol. The van der Waals surface area contributed by atoms with Crippen molar-refractivity contribution < 1.29 is 9.59 Å². The molecule has 1 rings (SSSR count). The van der Waals surface area contributed by atoms with Crippen molar-refractivity contribution in [3.63, 3.8) is 0 Å². The maximum absolute atomic E-state index is 10.5. The van der Waals surface area contributed by atoms with Gasteiger partial charge in [0.05, 0.1) is 5.56 Å². The molecule has 0 atom stereocenters. The Morgan fingerprint density at radius 1 is 1.46 bits per heavy atom. The van der Waals surface area contributed by atoms with Crippen molar-refractivity contribution in [1.82, 2.24) is 4.98 Å². The largest absolute Gasteiger partial charge is 0.366 e. The smallest absolute Gasteiger partial charge is 0.250 e. The van der Waals surface area contributed by atoms with Crippen LogP contribution in [0, 0.1) is 0 Å². The molecule has 0 saturated carbocycles. The highest BCUT2D eigenvalue weighted by Gasteiger charge is 1.98. The second-order valence-corrected chi connectivity index (χ2v) is 1.95. The van der Waals surface area contributed by atoms with Crippen molar-refractivity contribution >= 4 is 12.2 Å². The fourth-order valence-corrected chi connectivity index (χ4v) is 0.621. The number of primary amides is 1. The van der Waals surface area contributed by atoms with Gasteiger partial charge in [0, 0.05) is 6.20 Å². The lowest BCUT2D eigenvalue weighted by Crippen LogP contribution is -2.11. The highest BCUT2D eigenvalue weighted by atomic mass is 16.1. The molecule has 0 aliphatic rings. The Balaban J connectivity index is 0.000000671.